The summed E-state index contributed by atoms with van der Waals surface area (Å²) in [5.74, 6) is 0.694. The maximum absolute atomic E-state index is 15.3. The number of likely N-dealkylation sites (tertiary alicyclic amines) is 1. The minimum absolute atomic E-state index is 0.0556. The average Bonchev–Trinajstić information content (AvgIpc) is 3.76. The van der Waals surface area contributed by atoms with Gasteiger partial charge in [0.05, 0.1) is 37.0 Å². The molecule has 0 unspecified atom stereocenters. The van der Waals surface area contributed by atoms with E-state index in [0.29, 0.717) is 53.0 Å². The third kappa shape index (κ3) is 4.58. The van der Waals surface area contributed by atoms with Gasteiger partial charge in [0.15, 0.2) is 5.54 Å². The van der Waals surface area contributed by atoms with Crippen LogP contribution < -0.4 is 19.1 Å². The van der Waals surface area contributed by atoms with Crippen molar-refractivity contribution in [2.45, 2.75) is 35.9 Å². The molecule has 2 aliphatic heterocycles. The number of nitrogens with zero attached hydrogens (tertiary/aromatic N) is 3. The molecule has 3 aromatic carbocycles. The van der Waals surface area contributed by atoms with E-state index in [1.54, 1.807) is 42.6 Å². The van der Waals surface area contributed by atoms with E-state index in [1.165, 1.54) is 32.6 Å². The summed E-state index contributed by atoms with van der Waals surface area (Å²) in [6.07, 6.45) is 4.43. The van der Waals surface area contributed by atoms with Crippen LogP contribution in [0.15, 0.2) is 82.4 Å². The van der Waals surface area contributed by atoms with Crippen LogP contribution >= 0.6 is 11.6 Å². The fourth-order valence-electron chi connectivity index (χ4n) is 6.31. The number of halogens is 1. The molecule has 0 saturated carbocycles. The number of hydrogen-bond donors (Lipinski definition) is 1. The fourth-order valence-corrected chi connectivity index (χ4v) is 7.94. The molecule has 1 amide bonds. The van der Waals surface area contributed by atoms with E-state index in [1.807, 2.05) is 24.1 Å². The zero-order chi connectivity index (χ0) is 30.4. The first-order valence-electron chi connectivity index (χ1n) is 13.8. The van der Waals surface area contributed by atoms with Gasteiger partial charge in [0, 0.05) is 29.2 Å². The molecule has 2 aliphatic rings. The number of sulfonamides is 1. The molecule has 6 rings (SSSR count). The number of nitrogens with one attached hydrogen (secondary N) is 1. The number of rotatable bonds is 9. The lowest BCUT2D eigenvalue weighted by Gasteiger charge is -2.41. The van der Waals surface area contributed by atoms with E-state index in [2.05, 4.69) is 10.3 Å². The molecule has 224 valence electrons. The van der Waals surface area contributed by atoms with Gasteiger partial charge in [-0.1, -0.05) is 17.7 Å². The third-order valence-electron chi connectivity index (χ3n) is 8.11. The monoisotopic (exact) mass is 622 g/mol. The van der Waals surface area contributed by atoms with Gasteiger partial charge in [-0.3, -0.25) is 9.69 Å². The van der Waals surface area contributed by atoms with Crippen molar-refractivity contribution in [3.05, 3.63) is 101 Å². The minimum atomic E-state index is -4.39. The predicted molar refractivity (Wildman–Crippen MR) is 161 cm³/mol. The second-order valence-electron chi connectivity index (χ2n) is 10.4. The zero-order valence-corrected chi connectivity index (χ0v) is 25.5. The van der Waals surface area contributed by atoms with Gasteiger partial charge in [-0.05, 0) is 80.1 Å². The van der Waals surface area contributed by atoms with Crippen molar-refractivity contribution in [2.75, 3.05) is 32.1 Å². The number of anilines is 1. The number of aromatic nitrogens is 1. The molecule has 2 atom stereocenters. The summed E-state index contributed by atoms with van der Waals surface area (Å²) < 4.78 is 46.6. The number of benzene rings is 3. The summed E-state index contributed by atoms with van der Waals surface area (Å²) in [4.78, 5) is 21.7. The van der Waals surface area contributed by atoms with Gasteiger partial charge in [0.2, 0.25) is 5.89 Å². The van der Waals surface area contributed by atoms with Crippen LogP contribution in [0.25, 0.3) is 0 Å². The zero-order valence-electron chi connectivity index (χ0n) is 23.9. The Kier molecular flexibility index (Phi) is 7.67. The molecule has 10 nitrogen and oxygen atoms in total. The molecule has 0 aliphatic carbocycles. The number of ether oxygens (including phenoxy) is 2. The van der Waals surface area contributed by atoms with Crippen molar-refractivity contribution < 1.29 is 27.1 Å². The van der Waals surface area contributed by atoms with Crippen molar-refractivity contribution in [1.29, 1.82) is 0 Å². The predicted octanol–water partition coefficient (Wildman–Crippen LogP) is 4.88. The van der Waals surface area contributed by atoms with Crippen LogP contribution in [0.1, 0.15) is 41.5 Å². The Hall–Kier alpha value is -3.90. The van der Waals surface area contributed by atoms with Gasteiger partial charge in [-0.2, -0.15) is 0 Å². The Morgan fingerprint density at radius 3 is 2.53 bits per heavy atom. The number of fused-ring (bicyclic) bond motifs is 1. The molecular weight excluding hydrogens is 592 g/mol. The van der Waals surface area contributed by atoms with Gasteiger partial charge in [-0.25, -0.2) is 17.7 Å². The van der Waals surface area contributed by atoms with Gasteiger partial charge < -0.3 is 19.2 Å². The summed E-state index contributed by atoms with van der Waals surface area (Å²) in [7, 11) is 0.468. The molecule has 43 heavy (non-hydrogen) atoms. The summed E-state index contributed by atoms with van der Waals surface area (Å²) >= 11 is 6.61. The molecule has 1 N–H and O–H groups in total. The molecule has 1 fully saturated rings. The highest BCUT2D eigenvalue weighted by Gasteiger charge is 2.62. The molecule has 0 spiro atoms. The summed E-state index contributed by atoms with van der Waals surface area (Å²) in [5, 5.41) is 3.51. The number of carbonyl (C=O) groups excluding carboxylic acids is 1. The highest BCUT2D eigenvalue weighted by atomic mass is 35.5. The number of methoxy groups -OCH3 is 2. The Morgan fingerprint density at radius 1 is 1.07 bits per heavy atom. The van der Waals surface area contributed by atoms with E-state index in [4.69, 9.17) is 25.5 Å². The number of oxazole rings is 1. The van der Waals surface area contributed by atoms with Crippen molar-refractivity contribution in [2.24, 2.45) is 0 Å². The standard InChI is InChI=1S/C31H31ClN4O6S/c1-33-19-20-6-13-28(41-3)25(17-20)31(35-15-4-5-27(35)29-34-14-16-42-29)24-18-21(32)7-12-26(24)36(30(31)37)43(38,39)23-10-8-22(40-2)9-11-23/h6-14,16-18,27,33H,4-5,15,19H2,1-3H3/t27-,31-/m0/s1. The largest absolute Gasteiger partial charge is 0.497 e. The smallest absolute Gasteiger partial charge is 0.271 e. The van der Waals surface area contributed by atoms with Crippen molar-refractivity contribution in [3.8, 4) is 11.5 Å². The van der Waals surface area contributed by atoms with Crippen molar-refractivity contribution in [1.82, 2.24) is 15.2 Å². The molecule has 0 radical (unpaired) electrons. The van der Waals surface area contributed by atoms with E-state index in [0.717, 1.165) is 16.3 Å². The van der Waals surface area contributed by atoms with E-state index in [9.17, 15) is 8.42 Å². The van der Waals surface area contributed by atoms with Crippen molar-refractivity contribution >= 4 is 33.2 Å². The van der Waals surface area contributed by atoms with Gasteiger partial charge in [0.25, 0.3) is 15.9 Å². The fraction of sp³-hybridized carbons (Fsp3) is 0.290. The molecular formula is C31H31ClN4O6S. The van der Waals surface area contributed by atoms with Crippen LogP contribution in [0.3, 0.4) is 0 Å². The van der Waals surface area contributed by atoms with Crippen LogP contribution in [0.5, 0.6) is 11.5 Å². The molecule has 1 aromatic heterocycles. The minimum Gasteiger partial charge on any atom is -0.497 e. The number of carbonyl (C=O) groups is 1. The highest BCUT2D eigenvalue weighted by Crippen LogP contribution is 2.56. The molecule has 1 saturated heterocycles. The second-order valence-corrected chi connectivity index (χ2v) is 12.6. The van der Waals surface area contributed by atoms with Crippen LogP contribution in [-0.2, 0) is 26.9 Å². The quantitative estimate of drug-likeness (QED) is 0.279. The average molecular weight is 623 g/mol. The second kappa shape index (κ2) is 11.3. The number of hydrogen-bond acceptors (Lipinski definition) is 9. The highest BCUT2D eigenvalue weighted by molar-refractivity contribution is 7.93. The normalized spacial score (nSPS) is 20.4. The summed E-state index contributed by atoms with van der Waals surface area (Å²) in [5.41, 5.74) is 0.383. The number of amides is 1. The maximum Gasteiger partial charge on any atom is 0.271 e. The first-order valence-corrected chi connectivity index (χ1v) is 15.6. The van der Waals surface area contributed by atoms with Crippen LogP contribution in [0.2, 0.25) is 5.02 Å². The lowest BCUT2D eigenvalue weighted by Crippen LogP contribution is -2.54. The molecule has 3 heterocycles. The molecule has 12 heteroatoms. The maximum atomic E-state index is 15.3. The topological polar surface area (TPSA) is 114 Å². The van der Waals surface area contributed by atoms with Crippen molar-refractivity contribution in [3.63, 3.8) is 0 Å². The van der Waals surface area contributed by atoms with Gasteiger partial charge in [-0.15, -0.1) is 0 Å². The van der Waals surface area contributed by atoms with Crippen LogP contribution in [-0.4, -0.2) is 52.0 Å². The lowest BCUT2D eigenvalue weighted by atomic mass is 9.80. The first-order chi connectivity index (χ1) is 20.8. The molecule has 4 aromatic rings. The Morgan fingerprint density at radius 2 is 1.86 bits per heavy atom. The first kappa shape index (κ1) is 29.2. The van der Waals surface area contributed by atoms with E-state index in [-0.39, 0.29) is 10.6 Å². The Labute approximate surface area is 255 Å². The lowest BCUT2D eigenvalue weighted by molar-refractivity contribution is -0.127. The Bertz CT molecular complexity index is 1760. The SMILES string of the molecule is CNCc1ccc(OC)c([C@]2(N3CCC[C@H]3c3ncco3)C(=O)N(S(=O)(=O)c3ccc(OC)cc3)c3ccc(Cl)cc32)c1. The van der Waals surface area contributed by atoms with E-state index < -0.39 is 27.5 Å². The summed E-state index contributed by atoms with van der Waals surface area (Å²) in [6.45, 7) is 0.973. The van der Waals surface area contributed by atoms with E-state index >= 15 is 4.79 Å². The third-order valence-corrected chi connectivity index (χ3v) is 10.1. The van der Waals surface area contributed by atoms with Gasteiger partial charge >= 0.3 is 0 Å². The van der Waals surface area contributed by atoms with Crippen LogP contribution in [0.4, 0.5) is 5.69 Å². The van der Waals surface area contributed by atoms with Gasteiger partial charge in [0.1, 0.15) is 17.8 Å². The Balaban J connectivity index is 1.67. The van der Waals surface area contributed by atoms with Crippen LogP contribution in [0, 0.1) is 0 Å². The molecule has 0 bridgehead atoms. The summed E-state index contributed by atoms with van der Waals surface area (Å²) in [6, 6.07) is 16.0.